The molecule has 9 N–H and O–H groups in total. The predicted octanol–water partition coefficient (Wildman–Crippen LogP) is 11.5. The van der Waals surface area contributed by atoms with E-state index in [0.717, 1.165) is 30.6 Å². The van der Waals surface area contributed by atoms with Crippen molar-refractivity contribution in [1.29, 1.82) is 0 Å². The summed E-state index contributed by atoms with van der Waals surface area (Å²) < 4.78 is 137. The van der Waals surface area contributed by atoms with Crippen LogP contribution in [0.1, 0.15) is 62.3 Å². The summed E-state index contributed by atoms with van der Waals surface area (Å²) in [6.07, 6.45) is 3.98. The van der Waals surface area contributed by atoms with Crippen LogP contribution in [0, 0.1) is 0 Å². The molecule has 6 aromatic carbocycles. The molecule has 0 atom stereocenters. The third-order valence-corrected chi connectivity index (χ3v) is 26.4. The predicted molar refractivity (Wildman–Crippen MR) is 381 cm³/mol. The van der Waals surface area contributed by atoms with Crippen molar-refractivity contribution in [3.63, 3.8) is 0 Å². The van der Waals surface area contributed by atoms with Gasteiger partial charge >= 0.3 is 7.82 Å². The normalized spacial score (nSPS) is 12.5. The molecule has 0 spiro atoms. The monoisotopic (exact) mass is 1470 g/mol. The van der Waals surface area contributed by atoms with Crippen molar-refractivity contribution in [2.45, 2.75) is 91.2 Å². The Balaban J connectivity index is 0.00000375. The summed E-state index contributed by atoms with van der Waals surface area (Å²) in [5, 5.41) is 10.9. The van der Waals surface area contributed by atoms with E-state index in [1.165, 1.54) is 89.4 Å². The number of rotatable bonds is 24. The molecule has 6 heterocycles. The Morgan fingerprint density at radius 2 is 0.643 bits per heavy atom. The van der Waals surface area contributed by atoms with Crippen molar-refractivity contribution in [2.75, 3.05) is 55.6 Å². The zero-order chi connectivity index (χ0) is 67.3. The maximum absolute atomic E-state index is 15.0. The highest BCUT2D eigenvalue weighted by atomic mass is 32.2. The number of hydrogen-bond acceptors (Lipinski definition) is 28. The van der Waals surface area contributed by atoms with Crippen LogP contribution in [0.25, 0.3) is 63.4 Å². The smallest absolute Gasteiger partial charge is 0.475 e. The molecule has 12 aromatic rings. The van der Waals surface area contributed by atoms with E-state index in [9.17, 15) is 29.8 Å². The molecule has 12 rings (SSSR count). The van der Waals surface area contributed by atoms with Gasteiger partial charge in [0.25, 0.3) is 0 Å². The van der Waals surface area contributed by atoms with Crippen LogP contribution in [0.3, 0.4) is 0 Å². The Labute approximate surface area is 574 Å². The second kappa shape index (κ2) is 28.8. The fourth-order valence-electron chi connectivity index (χ4n) is 9.68. The lowest BCUT2D eigenvalue weighted by atomic mass is 10.2. The van der Waals surface area contributed by atoms with Gasteiger partial charge in [-0.05, 0) is 135 Å². The Morgan fingerprint density at radius 3 is 0.908 bits per heavy atom. The Hall–Kier alpha value is -8.35. The van der Waals surface area contributed by atoms with E-state index >= 15 is 0 Å². The van der Waals surface area contributed by atoms with Crippen LogP contribution in [0.4, 0.5) is 34.5 Å². The molecule has 35 heteroatoms. The minimum absolute atomic E-state index is 0. The van der Waals surface area contributed by atoms with Crippen LogP contribution < -0.4 is 30.2 Å². The van der Waals surface area contributed by atoms with Crippen LogP contribution in [-0.2, 0) is 47.6 Å². The molecule has 0 bridgehead atoms. The van der Waals surface area contributed by atoms with Gasteiger partial charge in [0.2, 0.25) is 0 Å². The molecule has 0 aliphatic heterocycles. The fourth-order valence-corrected chi connectivity index (χ4v) is 16.7. The fraction of sp³-hybridized carbons (Fsp3) is 0.286. The van der Waals surface area contributed by atoms with Gasteiger partial charge in [-0.1, -0.05) is 0 Å². The summed E-state index contributed by atoms with van der Waals surface area (Å²) in [7, 11) is -17.2. The summed E-state index contributed by atoms with van der Waals surface area (Å²) in [4.78, 5) is 39.4. The number of hydrogen-bond donors (Lipinski definition) is 3. The van der Waals surface area contributed by atoms with E-state index < -0.39 is 91.2 Å². The van der Waals surface area contributed by atoms with Crippen molar-refractivity contribution in [3.05, 3.63) is 127 Å². The molecular weight excluding hydrogens is 1400 g/mol. The maximum Gasteiger partial charge on any atom is 0.475 e. The number of nitrogens with one attached hydrogen (secondary N) is 3. The van der Waals surface area contributed by atoms with E-state index in [1.54, 1.807) is 78.8 Å². The first-order chi connectivity index (χ1) is 45.0. The number of phosphoric ester groups is 1. The van der Waals surface area contributed by atoms with Crippen LogP contribution >= 0.6 is 41.8 Å². The molecule has 0 amide bonds. The summed E-state index contributed by atoms with van der Waals surface area (Å²) in [6, 6.07) is 25.6. The number of nitrogens with zero attached hydrogens (tertiary/aromatic N) is 9. The van der Waals surface area contributed by atoms with E-state index in [-0.39, 0.29) is 48.4 Å². The topological polar surface area (TPSA) is 421 Å². The van der Waals surface area contributed by atoms with Gasteiger partial charge in [-0.25, -0.2) is 74.7 Å². The van der Waals surface area contributed by atoms with Crippen molar-refractivity contribution in [2.24, 2.45) is 0 Å². The average Bonchev–Trinajstić information content (AvgIpc) is 0.877. The number of fused-ring (bicyclic) bond motifs is 6. The Bertz CT molecular complexity index is 4830. The first-order valence-electron chi connectivity index (χ1n) is 29.4. The highest BCUT2D eigenvalue weighted by molar-refractivity contribution is 7.93. The highest BCUT2D eigenvalue weighted by Crippen LogP contribution is 2.50. The molecule has 0 unspecified atom stereocenters. The van der Waals surface area contributed by atoms with Crippen LogP contribution in [0.15, 0.2) is 141 Å². The first kappa shape index (κ1) is 73.9. The number of phosphoric acid groups is 1. The molecule has 0 aliphatic carbocycles. The van der Waals surface area contributed by atoms with Crippen molar-refractivity contribution in [1.82, 2.24) is 44.9 Å². The summed E-state index contributed by atoms with van der Waals surface area (Å²) in [5.41, 5.74) is 10.5. The largest absolute Gasteiger partial charge is 0.490 e. The van der Waals surface area contributed by atoms with Gasteiger partial charge in [0.1, 0.15) is 88.2 Å². The van der Waals surface area contributed by atoms with Crippen LogP contribution in [0.2, 0.25) is 0 Å². The maximum atomic E-state index is 15.0. The SMILES string of the molecule is CC(C)(C)S(=O)(=O)c1cc2c(Nc3ccc4scnc4c3)ncnc2cc1OCCOP(=O)(OCCOc1cc2ncnc(Nc3ccc4scnc4c3)c2cc1S(=O)(=O)C(C)(C)C)OCCOc1cc2ncnc(Nc3ccc4scnc4c3)c2cc1S(=O)(=O)C(C)(C)C.O.O.O. The standard InChI is InChI=1S/C63H63N12O13PS6.3H2O/c1-61(2,3)93(77,78)55-25-40-43(64-31-67-58(40)73-37-10-13-52-46(22-37)70-34-90-52)28-49(55)83-16-19-86-89(76,87-20-17-84-50-29-44-41(26-56(50)94(79,80)62(4,5)6)59(68-32-65-44)74-38-11-14-53-47(23-38)71-35-91-53)88-21-18-85-51-30-45-42(27-57(51)95(81,82)63(7,8)9)60(69-33-66-45)75-39-12-15-54-48(24-39)72-36-92-54;;;/h10-15,22-36H,16-21H2,1-9H3,(H,64,67,73)(H,65,68,74)(H,66,69,75);3*1H2. The molecule has 0 fully saturated rings. The van der Waals surface area contributed by atoms with Gasteiger partial charge in [-0.15, -0.1) is 34.0 Å². The molecule has 0 radical (unpaired) electrons. The van der Waals surface area contributed by atoms with Crippen LogP contribution in [0.5, 0.6) is 17.2 Å². The summed E-state index contributed by atoms with van der Waals surface area (Å²) in [5.74, 6) is 0.692. The minimum Gasteiger partial charge on any atom is -0.490 e. The van der Waals surface area contributed by atoms with E-state index in [0.29, 0.717) is 67.2 Å². The van der Waals surface area contributed by atoms with E-state index in [2.05, 4.69) is 60.8 Å². The number of aromatic nitrogens is 9. The minimum atomic E-state index is -4.76. The molecule has 0 saturated heterocycles. The van der Waals surface area contributed by atoms with Crippen molar-refractivity contribution < 1.29 is 74.0 Å². The third-order valence-electron chi connectivity index (χ3n) is 14.9. The lowest BCUT2D eigenvalue weighted by molar-refractivity contribution is 0.0797. The van der Waals surface area contributed by atoms with Gasteiger partial charge in [0, 0.05) is 51.4 Å². The quantitative estimate of drug-likeness (QED) is 0.0373. The van der Waals surface area contributed by atoms with Gasteiger partial charge < -0.3 is 46.6 Å². The lowest BCUT2D eigenvalue weighted by Gasteiger charge is -2.23. The summed E-state index contributed by atoms with van der Waals surface area (Å²) in [6.45, 7) is 11.2. The Kier molecular flexibility index (Phi) is 21.7. The van der Waals surface area contributed by atoms with Gasteiger partial charge in [0.05, 0.1) is 97.8 Å². The van der Waals surface area contributed by atoms with Gasteiger partial charge in [0.15, 0.2) is 29.5 Å². The van der Waals surface area contributed by atoms with Gasteiger partial charge in [-0.3, -0.25) is 13.6 Å². The molecule has 0 aliphatic rings. The first-order valence-corrected chi connectivity index (χ1v) is 37.9. The van der Waals surface area contributed by atoms with Crippen molar-refractivity contribution in [3.8, 4) is 17.2 Å². The molecule has 0 saturated carbocycles. The third kappa shape index (κ3) is 15.3. The van der Waals surface area contributed by atoms with E-state index in [1.807, 2.05) is 54.6 Å². The van der Waals surface area contributed by atoms with Crippen LogP contribution in [-0.4, -0.2) is 140 Å². The average molecular weight is 1470 g/mol. The molecule has 28 nitrogen and oxygen atoms in total. The molecular formula is C63H69N12O16PS6. The molecule has 98 heavy (non-hydrogen) atoms. The molecule has 6 aromatic heterocycles. The number of anilines is 6. The molecule has 518 valence electrons. The zero-order valence-corrected chi connectivity index (χ0v) is 59.9. The van der Waals surface area contributed by atoms with Gasteiger partial charge in [-0.2, -0.15) is 0 Å². The number of ether oxygens (including phenoxy) is 3. The van der Waals surface area contributed by atoms with E-state index in [4.69, 9.17) is 27.8 Å². The second-order valence-electron chi connectivity index (χ2n) is 24.4. The lowest BCUT2D eigenvalue weighted by Crippen LogP contribution is -2.28. The number of benzene rings is 6. The number of sulfone groups is 3. The highest BCUT2D eigenvalue weighted by Gasteiger charge is 2.38. The Morgan fingerprint density at radius 1 is 0.367 bits per heavy atom. The summed E-state index contributed by atoms with van der Waals surface area (Å²) >= 11 is 4.49. The number of thiazole rings is 3. The second-order valence-corrected chi connectivity index (χ2v) is 36.8. The zero-order valence-electron chi connectivity index (χ0n) is 54.1. The van der Waals surface area contributed by atoms with Crippen molar-refractivity contribution >= 4 is 169 Å².